The zero-order valence-corrected chi connectivity index (χ0v) is 11.7. The molecule has 0 aromatic carbocycles. The van der Waals surface area contributed by atoms with Crippen LogP contribution in [0.15, 0.2) is 0 Å². The van der Waals surface area contributed by atoms with Gasteiger partial charge in [-0.05, 0) is 27.4 Å². The van der Waals surface area contributed by atoms with Crippen molar-refractivity contribution in [3.05, 3.63) is 10.6 Å². The molecule has 0 amide bonds. The Morgan fingerprint density at radius 3 is 2.71 bits per heavy atom. The fraction of sp³-hybridized carbons (Fsp3) is 0.667. The number of likely N-dealkylation sites (N-methyl/N-ethyl adjacent to an activating group) is 1. The van der Waals surface area contributed by atoms with Crippen molar-refractivity contribution in [2.24, 2.45) is 0 Å². The molecule has 1 unspecified atom stereocenters. The highest BCUT2D eigenvalue weighted by atomic mass is 32.1. The molecule has 1 aliphatic heterocycles. The van der Waals surface area contributed by atoms with Gasteiger partial charge >= 0.3 is 0 Å². The molecule has 1 aromatic heterocycles. The van der Waals surface area contributed by atoms with Crippen molar-refractivity contribution in [1.29, 1.82) is 0 Å². The van der Waals surface area contributed by atoms with Crippen LogP contribution in [0, 0.1) is 6.92 Å². The third kappa shape index (κ3) is 2.50. The number of thiazole rings is 1. The number of ketones is 1. The molecule has 1 atom stereocenters. The Labute approximate surface area is 106 Å². The minimum Gasteiger partial charge on any atom is -0.346 e. The lowest BCUT2D eigenvalue weighted by Gasteiger charge is -2.19. The number of hydrogen-bond donors (Lipinski definition) is 0. The van der Waals surface area contributed by atoms with E-state index >= 15 is 0 Å². The van der Waals surface area contributed by atoms with Gasteiger partial charge in [0.2, 0.25) is 0 Å². The predicted octanol–water partition coefficient (Wildman–Crippen LogP) is 1.79. The van der Waals surface area contributed by atoms with Crippen molar-refractivity contribution in [2.75, 3.05) is 32.1 Å². The first kappa shape index (κ1) is 12.5. The van der Waals surface area contributed by atoms with Gasteiger partial charge in [0.15, 0.2) is 10.9 Å². The Kier molecular flexibility index (Phi) is 3.49. The lowest BCUT2D eigenvalue weighted by Crippen LogP contribution is -2.31. The summed E-state index contributed by atoms with van der Waals surface area (Å²) in [5, 5.41) is 0.997. The van der Waals surface area contributed by atoms with Crippen molar-refractivity contribution >= 4 is 22.3 Å². The van der Waals surface area contributed by atoms with Crippen molar-refractivity contribution in [3.63, 3.8) is 0 Å². The highest BCUT2D eigenvalue weighted by molar-refractivity contribution is 7.17. The molecule has 0 bridgehead atoms. The molecule has 94 valence electrons. The van der Waals surface area contributed by atoms with Gasteiger partial charge < -0.3 is 9.80 Å². The summed E-state index contributed by atoms with van der Waals surface area (Å²) in [5.41, 5.74) is 0.866. The summed E-state index contributed by atoms with van der Waals surface area (Å²) < 4.78 is 0. The normalized spacial score (nSPS) is 20.3. The molecule has 4 nitrogen and oxygen atoms in total. The van der Waals surface area contributed by atoms with Crippen LogP contribution in [0.1, 0.15) is 28.7 Å². The number of rotatable bonds is 3. The SMILES string of the molecule is CC(=O)c1sc(N2CCC(N(C)C)C2)nc1C. The molecule has 2 heterocycles. The van der Waals surface area contributed by atoms with E-state index in [4.69, 9.17) is 0 Å². The topological polar surface area (TPSA) is 36.4 Å². The largest absolute Gasteiger partial charge is 0.346 e. The van der Waals surface area contributed by atoms with Crippen molar-refractivity contribution < 1.29 is 4.79 Å². The molecule has 0 saturated carbocycles. The maximum absolute atomic E-state index is 11.4. The van der Waals surface area contributed by atoms with Crippen molar-refractivity contribution in [1.82, 2.24) is 9.88 Å². The summed E-state index contributed by atoms with van der Waals surface area (Å²) in [6, 6.07) is 0.597. The van der Waals surface area contributed by atoms with Crippen molar-refractivity contribution in [2.45, 2.75) is 26.3 Å². The molecule has 0 aliphatic carbocycles. The minimum atomic E-state index is 0.120. The van der Waals surface area contributed by atoms with Crippen LogP contribution >= 0.6 is 11.3 Å². The molecule has 0 N–H and O–H groups in total. The van der Waals surface area contributed by atoms with E-state index in [9.17, 15) is 4.79 Å². The van der Waals surface area contributed by atoms with Crippen LogP contribution in [0.5, 0.6) is 0 Å². The third-order valence-electron chi connectivity index (χ3n) is 3.27. The zero-order valence-electron chi connectivity index (χ0n) is 10.9. The van der Waals surface area contributed by atoms with E-state index in [1.807, 2.05) is 6.92 Å². The molecule has 1 saturated heterocycles. The number of carbonyl (C=O) groups is 1. The van der Waals surface area contributed by atoms with E-state index in [1.54, 1.807) is 6.92 Å². The Bertz CT molecular complexity index is 427. The number of aryl methyl sites for hydroxylation is 1. The summed E-state index contributed by atoms with van der Waals surface area (Å²) in [4.78, 5) is 21.3. The molecule has 0 radical (unpaired) electrons. The smallest absolute Gasteiger partial charge is 0.186 e. The number of anilines is 1. The third-order valence-corrected chi connectivity index (χ3v) is 4.59. The molecule has 1 aliphatic rings. The maximum Gasteiger partial charge on any atom is 0.186 e. The van der Waals surface area contributed by atoms with Gasteiger partial charge in [0.25, 0.3) is 0 Å². The Balaban J connectivity index is 2.14. The highest BCUT2D eigenvalue weighted by Gasteiger charge is 2.26. The summed E-state index contributed by atoms with van der Waals surface area (Å²) >= 11 is 1.53. The zero-order chi connectivity index (χ0) is 12.6. The van der Waals surface area contributed by atoms with Crippen LogP contribution < -0.4 is 4.90 Å². The fourth-order valence-corrected chi connectivity index (χ4v) is 3.18. The second kappa shape index (κ2) is 4.74. The first-order valence-corrected chi connectivity index (χ1v) is 6.70. The maximum atomic E-state index is 11.4. The second-order valence-corrected chi connectivity index (χ2v) is 5.80. The van der Waals surface area contributed by atoms with Gasteiger partial charge in [0, 0.05) is 26.1 Å². The minimum absolute atomic E-state index is 0.120. The van der Waals surface area contributed by atoms with Gasteiger partial charge in [-0.3, -0.25) is 4.79 Å². The van der Waals surface area contributed by atoms with Crippen molar-refractivity contribution in [3.8, 4) is 0 Å². The van der Waals surface area contributed by atoms with E-state index in [0.717, 1.165) is 28.8 Å². The van der Waals surface area contributed by atoms with E-state index in [-0.39, 0.29) is 5.78 Å². The van der Waals surface area contributed by atoms with Gasteiger partial charge in [0.1, 0.15) is 0 Å². The summed E-state index contributed by atoms with van der Waals surface area (Å²) in [6.45, 7) is 5.57. The van der Waals surface area contributed by atoms with Gasteiger partial charge in [-0.15, -0.1) is 0 Å². The summed E-state index contributed by atoms with van der Waals surface area (Å²) in [5.74, 6) is 0.120. The quantitative estimate of drug-likeness (QED) is 0.770. The molecular formula is C12H19N3OS. The van der Waals surface area contributed by atoms with Gasteiger partial charge in [0.05, 0.1) is 10.6 Å². The second-order valence-electron chi connectivity index (χ2n) is 4.82. The van der Waals surface area contributed by atoms with Crippen LogP contribution in [0.4, 0.5) is 5.13 Å². The van der Waals surface area contributed by atoms with E-state index < -0.39 is 0 Å². The van der Waals surface area contributed by atoms with Crippen LogP contribution in [-0.2, 0) is 0 Å². The number of hydrogen-bond acceptors (Lipinski definition) is 5. The average Bonchev–Trinajstić information content (AvgIpc) is 2.82. The van der Waals surface area contributed by atoms with Crippen LogP contribution in [-0.4, -0.2) is 48.9 Å². The number of carbonyl (C=O) groups excluding carboxylic acids is 1. The molecule has 2 rings (SSSR count). The lowest BCUT2D eigenvalue weighted by atomic mass is 10.2. The van der Waals surface area contributed by atoms with E-state index in [1.165, 1.54) is 17.8 Å². The first-order valence-electron chi connectivity index (χ1n) is 5.88. The highest BCUT2D eigenvalue weighted by Crippen LogP contribution is 2.29. The van der Waals surface area contributed by atoms with Crippen LogP contribution in [0.3, 0.4) is 0 Å². The Morgan fingerprint density at radius 1 is 1.53 bits per heavy atom. The average molecular weight is 253 g/mol. The molecule has 0 spiro atoms. The molecule has 5 heteroatoms. The fourth-order valence-electron chi connectivity index (χ4n) is 2.18. The molecule has 17 heavy (non-hydrogen) atoms. The number of Topliss-reactive ketones (excluding diaryl/α,β-unsaturated/α-hetero) is 1. The van der Waals surface area contributed by atoms with Gasteiger partial charge in [-0.1, -0.05) is 11.3 Å². The summed E-state index contributed by atoms with van der Waals surface area (Å²) in [7, 11) is 4.23. The van der Waals surface area contributed by atoms with Gasteiger partial charge in [-0.25, -0.2) is 4.98 Å². The summed E-state index contributed by atoms with van der Waals surface area (Å²) in [6.07, 6.45) is 1.17. The van der Waals surface area contributed by atoms with E-state index in [0.29, 0.717) is 6.04 Å². The standard InChI is InChI=1S/C12H19N3OS/c1-8-11(9(2)16)17-12(13-8)15-6-5-10(7-15)14(3)4/h10H,5-7H2,1-4H3. The van der Waals surface area contributed by atoms with E-state index in [2.05, 4.69) is 28.9 Å². The van der Waals surface area contributed by atoms with Crippen LogP contribution in [0.25, 0.3) is 0 Å². The first-order chi connectivity index (χ1) is 7.99. The molecule has 1 fully saturated rings. The van der Waals surface area contributed by atoms with Crippen LogP contribution in [0.2, 0.25) is 0 Å². The monoisotopic (exact) mass is 253 g/mol. The number of nitrogens with zero attached hydrogens (tertiary/aromatic N) is 3. The molecular weight excluding hydrogens is 234 g/mol. The predicted molar refractivity (Wildman–Crippen MR) is 71.2 cm³/mol. The Morgan fingerprint density at radius 2 is 2.24 bits per heavy atom. The van der Waals surface area contributed by atoms with Gasteiger partial charge in [-0.2, -0.15) is 0 Å². The lowest BCUT2D eigenvalue weighted by molar-refractivity contribution is 0.102. The Hall–Kier alpha value is -0.940. The molecule has 1 aromatic rings. The number of aromatic nitrogens is 1.